The molecular formula is C16H30N2O. The number of hydrogen-bond donors (Lipinski definition) is 2. The highest BCUT2D eigenvalue weighted by Gasteiger charge is 2.34. The van der Waals surface area contributed by atoms with Gasteiger partial charge in [-0.3, -0.25) is 4.79 Å². The summed E-state index contributed by atoms with van der Waals surface area (Å²) in [6, 6.07) is 0. The van der Waals surface area contributed by atoms with Crippen LogP contribution in [0.25, 0.3) is 0 Å². The van der Waals surface area contributed by atoms with Gasteiger partial charge in [-0.1, -0.05) is 45.4 Å². The molecule has 3 nitrogen and oxygen atoms in total. The van der Waals surface area contributed by atoms with Crippen molar-refractivity contribution in [3.05, 3.63) is 0 Å². The van der Waals surface area contributed by atoms with Crippen LogP contribution in [0.1, 0.15) is 71.1 Å². The fraction of sp³-hybridized carbons (Fsp3) is 0.938. The average Bonchev–Trinajstić information content (AvgIpc) is 2.89. The smallest absolute Gasteiger partial charge is 0.220 e. The maximum Gasteiger partial charge on any atom is 0.220 e. The lowest BCUT2D eigenvalue weighted by Gasteiger charge is -2.40. The Balaban J connectivity index is 1.78. The van der Waals surface area contributed by atoms with E-state index < -0.39 is 0 Å². The van der Waals surface area contributed by atoms with E-state index in [1.807, 2.05) is 0 Å². The van der Waals surface area contributed by atoms with Gasteiger partial charge in [0.15, 0.2) is 0 Å². The van der Waals surface area contributed by atoms with Crippen molar-refractivity contribution in [3.63, 3.8) is 0 Å². The molecule has 0 spiro atoms. The number of nitrogens with two attached hydrogens (primary N) is 1. The lowest BCUT2D eigenvalue weighted by atomic mass is 9.76. The first-order valence-electron chi connectivity index (χ1n) is 8.15. The van der Waals surface area contributed by atoms with Gasteiger partial charge in [0.25, 0.3) is 0 Å². The van der Waals surface area contributed by atoms with Crippen molar-refractivity contribution in [3.8, 4) is 0 Å². The molecule has 2 aliphatic carbocycles. The van der Waals surface area contributed by atoms with Gasteiger partial charge in [0.1, 0.15) is 0 Å². The van der Waals surface area contributed by atoms with Gasteiger partial charge in [-0.15, -0.1) is 0 Å². The molecule has 2 atom stereocenters. The van der Waals surface area contributed by atoms with Gasteiger partial charge in [0.05, 0.1) is 5.54 Å². The fourth-order valence-corrected chi connectivity index (χ4v) is 4.00. The summed E-state index contributed by atoms with van der Waals surface area (Å²) in [6.07, 6.45) is 11.7. The Labute approximate surface area is 117 Å². The summed E-state index contributed by atoms with van der Waals surface area (Å²) in [5.41, 5.74) is 5.85. The number of rotatable bonds is 5. The number of carbonyl (C=O) groups is 1. The molecule has 3 N–H and O–H groups in total. The second-order valence-electron chi connectivity index (χ2n) is 6.92. The Morgan fingerprint density at radius 2 is 2.00 bits per heavy atom. The highest BCUT2D eigenvalue weighted by Crippen LogP contribution is 2.32. The van der Waals surface area contributed by atoms with E-state index in [0.29, 0.717) is 18.9 Å². The van der Waals surface area contributed by atoms with Gasteiger partial charge < -0.3 is 11.1 Å². The van der Waals surface area contributed by atoms with Crippen molar-refractivity contribution in [1.29, 1.82) is 0 Å². The number of hydrogen-bond acceptors (Lipinski definition) is 2. The zero-order chi connectivity index (χ0) is 13.7. The van der Waals surface area contributed by atoms with Crippen molar-refractivity contribution >= 4 is 5.91 Å². The summed E-state index contributed by atoms with van der Waals surface area (Å²) in [5, 5.41) is 3.27. The van der Waals surface area contributed by atoms with Crippen molar-refractivity contribution in [2.45, 2.75) is 76.7 Å². The van der Waals surface area contributed by atoms with Gasteiger partial charge in [-0.25, -0.2) is 0 Å². The lowest BCUT2D eigenvalue weighted by Crippen LogP contribution is -2.56. The van der Waals surface area contributed by atoms with Crippen LogP contribution in [-0.4, -0.2) is 18.0 Å². The van der Waals surface area contributed by atoms with Crippen molar-refractivity contribution < 1.29 is 4.79 Å². The monoisotopic (exact) mass is 266 g/mol. The maximum absolute atomic E-state index is 12.2. The Bertz CT molecular complexity index is 299. The number of amides is 1. The van der Waals surface area contributed by atoms with Crippen molar-refractivity contribution in [1.82, 2.24) is 5.32 Å². The van der Waals surface area contributed by atoms with Gasteiger partial charge in [-0.05, 0) is 31.1 Å². The van der Waals surface area contributed by atoms with Crippen LogP contribution < -0.4 is 11.1 Å². The zero-order valence-corrected chi connectivity index (χ0v) is 12.4. The van der Waals surface area contributed by atoms with Crippen LogP contribution in [0.4, 0.5) is 0 Å². The van der Waals surface area contributed by atoms with E-state index in [9.17, 15) is 4.79 Å². The minimum atomic E-state index is -0.107. The molecular weight excluding hydrogens is 236 g/mol. The molecule has 0 saturated heterocycles. The predicted octanol–water partition coefficient (Wildman–Crippen LogP) is 2.98. The summed E-state index contributed by atoms with van der Waals surface area (Å²) in [5.74, 6) is 1.71. The molecule has 0 bridgehead atoms. The third-order valence-corrected chi connectivity index (χ3v) is 5.14. The lowest BCUT2D eigenvalue weighted by molar-refractivity contribution is -0.123. The van der Waals surface area contributed by atoms with E-state index in [-0.39, 0.29) is 11.4 Å². The molecule has 0 aromatic rings. The average molecular weight is 266 g/mol. The maximum atomic E-state index is 12.2. The zero-order valence-electron chi connectivity index (χ0n) is 12.4. The molecule has 2 saturated carbocycles. The fourth-order valence-electron chi connectivity index (χ4n) is 4.00. The molecule has 19 heavy (non-hydrogen) atoms. The van der Waals surface area contributed by atoms with E-state index in [0.717, 1.165) is 25.2 Å². The second-order valence-corrected chi connectivity index (χ2v) is 6.92. The quantitative estimate of drug-likeness (QED) is 0.803. The number of carbonyl (C=O) groups excluding carboxylic acids is 1. The first-order valence-corrected chi connectivity index (χ1v) is 8.15. The van der Waals surface area contributed by atoms with E-state index in [1.54, 1.807) is 0 Å². The molecule has 110 valence electrons. The third kappa shape index (κ3) is 4.20. The van der Waals surface area contributed by atoms with Crippen molar-refractivity contribution in [2.24, 2.45) is 17.6 Å². The minimum absolute atomic E-state index is 0.107. The Morgan fingerprint density at radius 1 is 1.26 bits per heavy atom. The third-order valence-electron chi connectivity index (χ3n) is 5.14. The normalized spacial score (nSPS) is 32.4. The molecule has 0 aliphatic heterocycles. The summed E-state index contributed by atoms with van der Waals surface area (Å²) < 4.78 is 0. The van der Waals surface area contributed by atoms with E-state index in [2.05, 4.69) is 12.2 Å². The highest BCUT2D eigenvalue weighted by molar-refractivity contribution is 5.76. The molecule has 0 aromatic heterocycles. The van der Waals surface area contributed by atoms with Crippen LogP contribution in [0.15, 0.2) is 0 Å². The highest BCUT2D eigenvalue weighted by atomic mass is 16.1. The molecule has 2 aliphatic rings. The van der Waals surface area contributed by atoms with E-state index in [1.165, 1.54) is 38.5 Å². The minimum Gasteiger partial charge on any atom is -0.349 e. The molecule has 0 heterocycles. The molecule has 2 fully saturated rings. The van der Waals surface area contributed by atoms with Crippen LogP contribution in [-0.2, 0) is 4.79 Å². The van der Waals surface area contributed by atoms with Gasteiger partial charge in [0, 0.05) is 13.0 Å². The molecule has 2 rings (SSSR count). The summed E-state index contributed by atoms with van der Waals surface area (Å²) in [6.45, 7) is 2.86. The van der Waals surface area contributed by atoms with E-state index in [4.69, 9.17) is 5.73 Å². The molecule has 3 heteroatoms. The summed E-state index contributed by atoms with van der Waals surface area (Å²) in [7, 11) is 0. The SMILES string of the molecule is CC1CCCC(CN)(NC(=O)CCC2CCCC2)C1. The standard InChI is InChI=1S/C16H30N2O/c1-13-5-4-10-16(11-13,12-17)18-15(19)9-8-14-6-2-3-7-14/h13-14H,2-12,17H2,1H3,(H,18,19). The summed E-state index contributed by atoms with van der Waals surface area (Å²) >= 11 is 0. The van der Waals surface area contributed by atoms with Crippen LogP contribution >= 0.6 is 0 Å². The van der Waals surface area contributed by atoms with Crippen LogP contribution in [0.5, 0.6) is 0 Å². The van der Waals surface area contributed by atoms with Gasteiger partial charge >= 0.3 is 0 Å². The molecule has 0 radical (unpaired) electrons. The summed E-state index contributed by atoms with van der Waals surface area (Å²) in [4.78, 5) is 12.2. The van der Waals surface area contributed by atoms with Crippen molar-refractivity contribution in [2.75, 3.05) is 6.54 Å². The van der Waals surface area contributed by atoms with Crippen LogP contribution in [0.3, 0.4) is 0 Å². The number of nitrogens with one attached hydrogen (secondary N) is 1. The largest absolute Gasteiger partial charge is 0.349 e. The van der Waals surface area contributed by atoms with Gasteiger partial charge in [-0.2, -0.15) is 0 Å². The van der Waals surface area contributed by atoms with E-state index >= 15 is 0 Å². The van der Waals surface area contributed by atoms with Gasteiger partial charge in [0.2, 0.25) is 5.91 Å². The topological polar surface area (TPSA) is 55.1 Å². The predicted molar refractivity (Wildman–Crippen MR) is 78.8 cm³/mol. The second kappa shape index (κ2) is 6.74. The van der Waals surface area contributed by atoms with Crippen LogP contribution in [0.2, 0.25) is 0 Å². The Morgan fingerprint density at radius 3 is 2.63 bits per heavy atom. The molecule has 2 unspecified atom stereocenters. The first kappa shape index (κ1) is 14.8. The molecule has 0 aromatic carbocycles. The molecule has 1 amide bonds. The Kier molecular flexibility index (Phi) is 5.26. The first-order chi connectivity index (χ1) is 9.13. The Hall–Kier alpha value is -0.570. The van der Waals surface area contributed by atoms with Crippen LogP contribution in [0, 0.1) is 11.8 Å².